The molecule has 2 amide bonds. The number of amides is 2. The van der Waals surface area contributed by atoms with Gasteiger partial charge in [-0.15, -0.1) is 5.10 Å². The van der Waals surface area contributed by atoms with Gasteiger partial charge in [0.05, 0.1) is 18.3 Å². The summed E-state index contributed by atoms with van der Waals surface area (Å²) >= 11 is 0. The Kier molecular flexibility index (Phi) is 6.88. The maximum Gasteiger partial charge on any atom is 0.416 e. The molecule has 2 heterocycles. The van der Waals surface area contributed by atoms with Crippen molar-refractivity contribution in [2.24, 2.45) is 0 Å². The lowest BCUT2D eigenvalue weighted by molar-refractivity contribution is -0.137. The van der Waals surface area contributed by atoms with Crippen LogP contribution in [0.15, 0.2) is 66.9 Å². The van der Waals surface area contributed by atoms with Crippen molar-refractivity contribution in [3.63, 3.8) is 0 Å². The number of ether oxygens (including phenoxy) is 1. The van der Waals surface area contributed by atoms with Crippen LogP contribution in [0.1, 0.15) is 15.9 Å². The van der Waals surface area contributed by atoms with Gasteiger partial charge in [0.2, 0.25) is 11.8 Å². The lowest BCUT2D eigenvalue weighted by Gasteiger charge is -2.10. The Balaban J connectivity index is 1.45. The van der Waals surface area contributed by atoms with Gasteiger partial charge in [0.1, 0.15) is 5.75 Å². The predicted octanol–water partition coefficient (Wildman–Crippen LogP) is 4.29. The van der Waals surface area contributed by atoms with Crippen molar-refractivity contribution < 1.29 is 27.5 Å². The third kappa shape index (κ3) is 6.16. The van der Waals surface area contributed by atoms with Gasteiger partial charge in [0.15, 0.2) is 11.5 Å². The molecule has 0 fully saturated rings. The van der Waals surface area contributed by atoms with Gasteiger partial charge in [-0.05, 0) is 50.5 Å². The van der Waals surface area contributed by atoms with Crippen molar-refractivity contribution in [3.8, 4) is 11.6 Å². The van der Waals surface area contributed by atoms with Crippen molar-refractivity contribution in [2.45, 2.75) is 6.18 Å². The first-order valence-corrected chi connectivity index (χ1v) is 10.6. The molecule has 0 saturated heterocycles. The molecule has 0 aliphatic rings. The van der Waals surface area contributed by atoms with E-state index in [0.717, 1.165) is 12.1 Å². The number of carbonyl (C=O) groups is 2. The molecule has 2 aromatic heterocycles. The number of imidazole rings is 1. The molecule has 0 bridgehead atoms. The van der Waals surface area contributed by atoms with E-state index in [1.807, 2.05) is 0 Å². The molecule has 36 heavy (non-hydrogen) atoms. The number of benzene rings is 2. The van der Waals surface area contributed by atoms with E-state index in [2.05, 4.69) is 20.7 Å². The van der Waals surface area contributed by atoms with E-state index in [9.17, 15) is 22.8 Å². The molecule has 0 atom stereocenters. The smallest absolute Gasteiger partial charge is 0.416 e. The average Bonchev–Trinajstić information content (AvgIpc) is 3.19. The van der Waals surface area contributed by atoms with Crippen LogP contribution in [0.4, 0.5) is 24.7 Å². The molecule has 4 aromatic rings. The number of fused-ring (bicyclic) bond motifs is 1. The van der Waals surface area contributed by atoms with E-state index in [1.165, 1.54) is 22.7 Å². The first-order chi connectivity index (χ1) is 17.1. The highest BCUT2D eigenvalue weighted by molar-refractivity contribution is 6.04. The number of carbonyl (C=O) groups excluding carboxylic acids is 2. The number of alkyl halides is 3. The van der Waals surface area contributed by atoms with E-state index in [4.69, 9.17) is 4.74 Å². The molecule has 0 spiro atoms. The number of nitrogens with one attached hydrogen (secondary N) is 2. The molecule has 2 aromatic carbocycles. The summed E-state index contributed by atoms with van der Waals surface area (Å²) < 4.78 is 46.0. The van der Waals surface area contributed by atoms with Gasteiger partial charge in [0.25, 0.3) is 5.91 Å². The fourth-order valence-corrected chi connectivity index (χ4v) is 3.25. The van der Waals surface area contributed by atoms with Crippen LogP contribution in [0.5, 0.6) is 11.6 Å². The lowest BCUT2D eigenvalue weighted by atomic mass is 10.1. The first kappa shape index (κ1) is 24.7. The van der Waals surface area contributed by atoms with Crippen LogP contribution < -0.4 is 15.4 Å². The minimum atomic E-state index is -4.55. The number of anilines is 2. The van der Waals surface area contributed by atoms with Crippen molar-refractivity contribution in [1.29, 1.82) is 0 Å². The molecule has 4 rings (SSSR count). The van der Waals surface area contributed by atoms with Crippen molar-refractivity contribution in [2.75, 3.05) is 31.3 Å². The largest absolute Gasteiger partial charge is 0.438 e. The van der Waals surface area contributed by atoms with Gasteiger partial charge in [-0.2, -0.15) is 13.2 Å². The number of aromatic nitrogens is 3. The SMILES string of the molecule is CN(C)CC(=O)Nc1cn2nc(Oc3cccc(NC(=O)c4cccc(C(F)(F)F)c4)c3)ccc2n1. The topological polar surface area (TPSA) is 101 Å². The highest BCUT2D eigenvalue weighted by Gasteiger charge is 2.30. The zero-order valence-corrected chi connectivity index (χ0v) is 19.2. The minimum absolute atomic E-state index is 0.128. The summed E-state index contributed by atoms with van der Waals surface area (Å²) in [5.41, 5.74) is -0.223. The Morgan fingerprint density at radius 2 is 1.81 bits per heavy atom. The molecule has 12 heteroatoms. The highest BCUT2D eigenvalue weighted by atomic mass is 19.4. The second kappa shape index (κ2) is 10.0. The number of halogens is 3. The second-order valence-electron chi connectivity index (χ2n) is 8.05. The Bertz CT molecular complexity index is 1420. The summed E-state index contributed by atoms with van der Waals surface area (Å²) in [4.78, 5) is 30.4. The van der Waals surface area contributed by atoms with Crippen LogP contribution >= 0.6 is 0 Å². The molecule has 0 unspecified atom stereocenters. The number of hydrogen-bond acceptors (Lipinski definition) is 6. The standard InChI is InChI=1S/C24H21F3N6O3/c1-32(2)14-21(34)30-19-13-33-20(29-19)9-10-22(31-33)36-18-8-4-7-17(12-18)28-23(35)15-5-3-6-16(11-15)24(25,26)27/h3-13H,14H2,1-2H3,(H,28,35)(H,30,34). The van der Waals surface area contributed by atoms with E-state index >= 15 is 0 Å². The third-order valence-electron chi connectivity index (χ3n) is 4.79. The maximum atomic E-state index is 12.9. The molecular weight excluding hydrogens is 477 g/mol. The van der Waals surface area contributed by atoms with Crippen LogP contribution in [0.3, 0.4) is 0 Å². The Morgan fingerprint density at radius 3 is 2.56 bits per heavy atom. The average molecular weight is 498 g/mol. The fourth-order valence-electron chi connectivity index (χ4n) is 3.25. The first-order valence-electron chi connectivity index (χ1n) is 10.6. The molecule has 0 aliphatic carbocycles. The maximum absolute atomic E-state index is 12.9. The molecule has 186 valence electrons. The number of likely N-dealkylation sites (N-methyl/N-ethyl adjacent to an activating group) is 1. The van der Waals surface area contributed by atoms with Crippen LogP contribution in [-0.4, -0.2) is 52.0 Å². The van der Waals surface area contributed by atoms with Crippen LogP contribution in [0, 0.1) is 0 Å². The van der Waals surface area contributed by atoms with Gasteiger partial charge in [-0.3, -0.25) is 9.59 Å². The molecular formula is C24H21F3N6O3. The Labute approximate surface area is 203 Å². The molecule has 0 saturated carbocycles. The van der Waals surface area contributed by atoms with Gasteiger partial charge >= 0.3 is 6.18 Å². The van der Waals surface area contributed by atoms with E-state index in [-0.39, 0.29) is 23.9 Å². The molecule has 0 radical (unpaired) electrons. The summed E-state index contributed by atoms with van der Waals surface area (Å²) in [5, 5.41) is 9.56. The van der Waals surface area contributed by atoms with Crippen molar-refractivity contribution >= 4 is 29.0 Å². The molecule has 0 aliphatic heterocycles. The summed E-state index contributed by atoms with van der Waals surface area (Å²) in [7, 11) is 3.56. The van der Waals surface area contributed by atoms with E-state index < -0.39 is 17.6 Å². The summed E-state index contributed by atoms with van der Waals surface area (Å²) in [5.74, 6) is -0.0227. The molecule has 2 N–H and O–H groups in total. The van der Waals surface area contributed by atoms with Gasteiger partial charge < -0.3 is 20.3 Å². The van der Waals surface area contributed by atoms with Gasteiger partial charge in [0, 0.05) is 23.4 Å². The number of hydrogen-bond donors (Lipinski definition) is 2. The monoisotopic (exact) mass is 498 g/mol. The highest BCUT2D eigenvalue weighted by Crippen LogP contribution is 2.30. The summed E-state index contributed by atoms with van der Waals surface area (Å²) in [6.45, 7) is 0.205. The summed E-state index contributed by atoms with van der Waals surface area (Å²) in [6, 6.07) is 13.7. The predicted molar refractivity (Wildman–Crippen MR) is 126 cm³/mol. The van der Waals surface area contributed by atoms with Crippen LogP contribution in [0.2, 0.25) is 0 Å². The van der Waals surface area contributed by atoms with Gasteiger partial charge in [-0.1, -0.05) is 12.1 Å². The normalized spacial score (nSPS) is 11.5. The third-order valence-corrected chi connectivity index (χ3v) is 4.79. The van der Waals surface area contributed by atoms with E-state index in [1.54, 1.807) is 55.5 Å². The van der Waals surface area contributed by atoms with E-state index in [0.29, 0.717) is 22.9 Å². The lowest BCUT2D eigenvalue weighted by Crippen LogP contribution is -2.27. The number of nitrogens with zero attached hydrogens (tertiary/aromatic N) is 4. The van der Waals surface area contributed by atoms with Crippen LogP contribution in [0.25, 0.3) is 5.65 Å². The van der Waals surface area contributed by atoms with Crippen LogP contribution in [-0.2, 0) is 11.0 Å². The minimum Gasteiger partial charge on any atom is -0.438 e. The van der Waals surface area contributed by atoms with Gasteiger partial charge in [-0.25, -0.2) is 9.50 Å². The quantitative estimate of drug-likeness (QED) is 0.394. The number of rotatable bonds is 7. The Morgan fingerprint density at radius 1 is 1.03 bits per heavy atom. The van der Waals surface area contributed by atoms with Crippen molar-refractivity contribution in [3.05, 3.63) is 78.0 Å². The second-order valence-corrected chi connectivity index (χ2v) is 8.05. The Hall–Kier alpha value is -4.45. The fraction of sp³-hybridized carbons (Fsp3) is 0.167. The molecule has 9 nitrogen and oxygen atoms in total. The zero-order valence-electron chi connectivity index (χ0n) is 19.2. The zero-order chi connectivity index (χ0) is 25.9. The van der Waals surface area contributed by atoms with Crippen molar-refractivity contribution in [1.82, 2.24) is 19.5 Å². The summed E-state index contributed by atoms with van der Waals surface area (Å²) in [6.07, 6.45) is -3.01.